The molecule has 1 aliphatic rings. The monoisotopic (exact) mass is 337 g/mol. The van der Waals surface area contributed by atoms with E-state index >= 15 is 0 Å². The van der Waals surface area contributed by atoms with Crippen LogP contribution in [0.25, 0.3) is 11.4 Å². The largest absolute Gasteiger partial charge is 0.345 e. The van der Waals surface area contributed by atoms with Gasteiger partial charge in [0.15, 0.2) is 0 Å². The molecule has 0 bridgehead atoms. The molecular formula is C18H19N5O2. The zero-order chi connectivity index (χ0) is 17.4. The molecule has 0 fully saturated rings. The second-order valence-corrected chi connectivity index (χ2v) is 6.58. The molecule has 1 amide bonds. The maximum absolute atomic E-state index is 12.2. The fourth-order valence-electron chi connectivity index (χ4n) is 3.11. The molecule has 2 N–H and O–H groups in total. The van der Waals surface area contributed by atoms with Gasteiger partial charge in [0.25, 0.3) is 5.91 Å². The summed E-state index contributed by atoms with van der Waals surface area (Å²) < 4.78 is 5.29. The molecule has 3 aromatic rings. The van der Waals surface area contributed by atoms with Gasteiger partial charge in [0.05, 0.1) is 17.8 Å². The minimum Gasteiger partial charge on any atom is -0.345 e. The Bertz CT molecular complexity index is 898. The second kappa shape index (κ2) is 6.16. The Hall–Kier alpha value is -2.96. The number of carbonyl (C=O) groups is 1. The van der Waals surface area contributed by atoms with Crippen molar-refractivity contribution >= 4 is 5.91 Å². The number of aryl methyl sites for hydroxylation is 1. The molecule has 4 rings (SSSR count). The van der Waals surface area contributed by atoms with Crippen molar-refractivity contribution in [2.45, 2.75) is 38.6 Å². The first-order valence-corrected chi connectivity index (χ1v) is 8.38. The summed E-state index contributed by atoms with van der Waals surface area (Å²) in [6.07, 6.45) is 4.91. The molecule has 1 atom stereocenters. The molecular weight excluding hydrogens is 318 g/mol. The average Bonchev–Trinajstić information content (AvgIpc) is 3.35. The molecule has 2 heterocycles. The number of hydrogen-bond donors (Lipinski definition) is 2. The molecule has 0 saturated heterocycles. The number of hydrogen-bond acceptors (Lipinski definition) is 5. The minimum absolute atomic E-state index is 0.0166. The predicted octanol–water partition coefficient (Wildman–Crippen LogP) is 3.00. The molecule has 0 saturated carbocycles. The minimum atomic E-state index is -0.115. The lowest BCUT2D eigenvalue weighted by atomic mass is 10.0. The number of benzene rings is 1. The smallest absolute Gasteiger partial charge is 0.254 e. The molecule has 0 spiro atoms. The molecule has 7 heteroatoms. The van der Waals surface area contributed by atoms with E-state index in [9.17, 15) is 4.79 Å². The van der Waals surface area contributed by atoms with Crippen molar-refractivity contribution in [1.29, 1.82) is 0 Å². The molecule has 7 nitrogen and oxygen atoms in total. The summed E-state index contributed by atoms with van der Waals surface area (Å²) in [6, 6.07) is 6.14. The van der Waals surface area contributed by atoms with Gasteiger partial charge in [-0.15, -0.1) is 0 Å². The number of fused-ring (bicyclic) bond motifs is 1. The molecule has 0 unspecified atom stereocenters. The van der Waals surface area contributed by atoms with Crippen LogP contribution in [0.15, 0.2) is 35.1 Å². The number of amides is 1. The van der Waals surface area contributed by atoms with Gasteiger partial charge in [-0.05, 0) is 30.0 Å². The fourth-order valence-corrected chi connectivity index (χ4v) is 3.11. The molecule has 0 aliphatic heterocycles. The number of nitrogens with zero attached hydrogens (tertiary/aromatic N) is 3. The Morgan fingerprint density at radius 2 is 2.28 bits per heavy atom. The summed E-state index contributed by atoms with van der Waals surface area (Å²) in [5.41, 5.74) is 3.84. The third kappa shape index (κ3) is 2.93. The van der Waals surface area contributed by atoms with Crippen molar-refractivity contribution < 1.29 is 9.32 Å². The Labute approximate surface area is 144 Å². The summed E-state index contributed by atoms with van der Waals surface area (Å²) in [5, 5.41) is 13.6. The summed E-state index contributed by atoms with van der Waals surface area (Å²) >= 11 is 0. The summed E-state index contributed by atoms with van der Waals surface area (Å²) in [6.45, 7) is 4.04. The summed E-state index contributed by atoms with van der Waals surface area (Å²) in [4.78, 5) is 16.7. The molecule has 128 valence electrons. The highest BCUT2D eigenvalue weighted by Gasteiger charge is 2.25. The summed E-state index contributed by atoms with van der Waals surface area (Å²) in [7, 11) is 0. The van der Waals surface area contributed by atoms with Crippen LogP contribution in [-0.4, -0.2) is 26.2 Å². The third-order valence-electron chi connectivity index (χ3n) is 4.48. The SMILES string of the molecule is CC(C)c1nc(-c2ccc3c(c2)CC[C@H]3NC(=O)c2cn[nH]c2)no1. The standard InChI is InChI=1S/C18H19N5O2/c1-10(2)18-22-16(23-25-18)12-3-5-14-11(7-12)4-6-15(14)21-17(24)13-8-19-20-9-13/h3,5,7-10,15H,4,6H2,1-2H3,(H,19,20)(H,21,24)/t15-/m1/s1. The van der Waals surface area contributed by atoms with E-state index in [0.29, 0.717) is 17.3 Å². The van der Waals surface area contributed by atoms with E-state index in [4.69, 9.17) is 4.52 Å². The van der Waals surface area contributed by atoms with E-state index in [1.54, 1.807) is 6.20 Å². The maximum Gasteiger partial charge on any atom is 0.254 e. The average molecular weight is 337 g/mol. The van der Waals surface area contributed by atoms with Crippen molar-refractivity contribution in [1.82, 2.24) is 25.7 Å². The van der Waals surface area contributed by atoms with Crippen molar-refractivity contribution in [3.05, 3.63) is 53.2 Å². The van der Waals surface area contributed by atoms with Crippen molar-refractivity contribution in [3.8, 4) is 11.4 Å². The number of aromatic amines is 1. The molecule has 0 radical (unpaired) electrons. The van der Waals surface area contributed by atoms with Gasteiger partial charge in [-0.3, -0.25) is 9.89 Å². The van der Waals surface area contributed by atoms with E-state index in [1.165, 1.54) is 11.8 Å². The zero-order valence-corrected chi connectivity index (χ0v) is 14.1. The van der Waals surface area contributed by atoms with Crippen LogP contribution >= 0.6 is 0 Å². The van der Waals surface area contributed by atoms with Crippen LogP contribution in [-0.2, 0) is 6.42 Å². The molecule has 25 heavy (non-hydrogen) atoms. The van der Waals surface area contributed by atoms with Crippen LogP contribution < -0.4 is 5.32 Å². The van der Waals surface area contributed by atoms with Crippen LogP contribution in [0.5, 0.6) is 0 Å². The van der Waals surface area contributed by atoms with E-state index in [1.807, 2.05) is 26.0 Å². The first-order valence-electron chi connectivity index (χ1n) is 8.38. The van der Waals surface area contributed by atoms with Crippen LogP contribution in [0.4, 0.5) is 0 Å². The zero-order valence-electron chi connectivity index (χ0n) is 14.1. The highest BCUT2D eigenvalue weighted by molar-refractivity contribution is 5.94. The van der Waals surface area contributed by atoms with E-state index in [-0.39, 0.29) is 17.9 Å². The summed E-state index contributed by atoms with van der Waals surface area (Å²) in [5.74, 6) is 1.34. The number of nitrogens with one attached hydrogen (secondary N) is 2. The van der Waals surface area contributed by atoms with Gasteiger partial charge >= 0.3 is 0 Å². The molecule has 1 aromatic carbocycles. The van der Waals surface area contributed by atoms with E-state index in [0.717, 1.165) is 24.0 Å². The van der Waals surface area contributed by atoms with Crippen LogP contribution in [0, 0.1) is 0 Å². The lowest BCUT2D eigenvalue weighted by molar-refractivity contribution is 0.0937. The first kappa shape index (κ1) is 15.6. The topological polar surface area (TPSA) is 96.7 Å². The van der Waals surface area contributed by atoms with Gasteiger partial charge in [0, 0.05) is 17.7 Å². The van der Waals surface area contributed by atoms with E-state index < -0.39 is 0 Å². The fraction of sp³-hybridized carbons (Fsp3) is 0.333. The number of aromatic nitrogens is 4. The van der Waals surface area contributed by atoms with Gasteiger partial charge < -0.3 is 9.84 Å². The predicted molar refractivity (Wildman–Crippen MR) is 90.9 cm³/mol. The number of carbonyl (C=O) groups excluding carboxylic acids is 1. The second-order valence-electron chi connectivity index (χ2n) is 6.58. The lowest BCUT2D eigenvalue weighted by Gasteiger charge is -2.13. The van der Waals surface area contributed by atoms with Crippen LogP contribution in [0.1, 0.15) is 59.6 Å². The van der Waals surface area contributed by atoms with Gasteiger partial charge in [-0.2, -0.15) is 10.1 Å². The highest BCUT2D eigenvalue weighted by atomic mass is 16.5. The Morgan fingerprint density at radius 3 is 3.00 bits per heavy atom. The maximum atomic E-state index is 12.2. The van der Waals surface area contributed by atoms with Crippen molar-refractivity contribution in [2.75, 3.05) is 0 Å². The van der Waals surface area contributed by atoms with Gasteiger partial charge in [0.2, 0.25) is 11.7 Å². The van der Waals surface area contributed by atoms with Crippen molar-refractivity contribution in [3.63, 3.8) is 0 Å². The van der Waals surface area contributed by atoms with Gasteiger partial charge in [0.1, 0.15) is 0 Å². The lowest BCUT2D eigenvalue weighted by Crippen LogP contribution is -2.26. The molecule has 2 aromatic heterocycles. The van der Waals surface area contributed by atoms with Crippen LogP contribution in [0.2, 0.25) is 0 Å². The number of rotatable bonds is 4. The Balaban J connectivity index is 1.54. The Kier molecular flexibility index (Phi) is 3.83. The normalized spacial score (nSPS) is 16.2. The van der Waals surface area contributed by atoms with E-state index in [2.05, 4.69) is 31.7 Å². The highest BCUT2D eigenvalue weighted by Crippen LogP contribution is 2.34. The quantitative estimate of drug-likeness (QED) is 0.763. The van der Waals surface area contributed by atoms with Crippen LogP contribution in [0.3, 0.4) is 0 Å². The van der Waals surface area contributed by atoms with Crippen molar-refractivity contribution in [2.24, 2.45) is 0 Å². The Morgan fingerprint density at radius 1 is 1.40 bits per heavy atom. The van der Waals surface area contributed by atoms with Gasteiger partial charge in [-0.1, -0.05) is 31.1 Å². The first-order chi connectivity index (χ1) is 12.1. The third-order valence-corrected chi connectivity index (χ3v) is 4.48. The van der Waals surface area contributed by atoms with Gasteiger partial charge in [-0.25, -0.2) is 0 Å². The number of H-pyrrole nitrogens is 1. The molecule has 1 aliphatic carbocycles.